The van der Waals surface area contributed by atoms with Gasteiger partial charge in [-0.15, -0.1) is 0 Å². The van der Waals surface area contributed by atoms with Crippen LogP contribution in [-0.4, -0.2) is 61.1 Å². The zero-order chi connectivity index (χ0) is 29.0. The Labute approximate surface area is 238 Å². The van der Waals surface area contributed by atoms with Crippen LogP contribution < -0.4 is 10.6 Å². The Morgan fingerprint density at radius 2 is 1.59 bits per heavy atom. The number of hydrogen-bond donors (Lipinski definition) is 3. The minimum absolute atomic E-state index is 0.0126. The Bertz CT molecular complexity index is 1370. The maximum atomic E-state index is 13.4. The lowest BCUT2D eigenvalue weighted by Crippen LogP contribution is -2.58. The van der Waals surface area contributed by atoms with E-state index in [0.29, 0.717) is 0 Å². The van der Waals surface area contributed by atoms with Gasteiger partial charge >= 0.3 is 12.1 Å². The molecule has 5 rings (SSSR count). The molecule has 2 aliphatic rings. The molecule has 3 N–H and O–H groups in total. The third-order valence-corrected chi connectivity index (χ3v) is 7.99. The third kappa shape index (κ3) is 5.96. The number of carboxylic acid groups (broad SMARTS) is 1. The second kappa shape index (κ2) is 12.1. The number of amides is 2. The van der Waals surface area contributed by atoms with E-state index in [9.17, 15) is 19.5 Å². The summed E-state index contributed by atoms with van der Waals surface area (Å²) in [6, 6.07) is 23.5. The molecule has 1 heterocycles. The van der Waals surface area contributed by atoms with Crippen molar-refractivity contribution in [2.75, 3.05) is 19.8 Å². The van der Waals surface area contributed by atoms with Crippen LogP contribution in [0.25, 0.3) is 11.1 Å². The molecule has 1 aliphatic heterocycles. The van der Waals surface area contributed by atoms with Crippen molar-refractivity contribution >= 4 is 18.0 Å². The van der Waals surface area contributed by atoms with Crippen LogP contribution in [0.3, 0.4) is 0 Å². The molecule has 0 aromatic heterocycles. The summed E-state index contributed by atoms with van der Waals surface area (Å²) < 4.78 is 17.0. The highest BCUT2D eigenvalue weighted by Gasteiger charge is 2.48. The standard InChI is InChI=1S/C32H34N2O7/c1-20(40-16-21-10-4-3-5-11-21)28(29(35)36)34-30(37)32(2)19-39-18-27(32)33-31(38)41-17-26-24-14-8-6-12-22(24)23-13-7-9-15-25(23)26/h3-15,20,26-28H,16-19H2,1-2H3,(H,33,38)(H,34,37)(H,35,36)/t20-,27?,28+,32?/m1/s1. The first-order valence-corrected chi connectivity index (χ1v) is 13.7. The predicted octanol–water partition coefficient (Wildman–Crippen LogP) is 4.10. The van der Waals surface area contributed by atoms with Crippen molar-refractivity contribution in [3.05, 3.63) is 95.6 Å². The second-order valence-corrected chi connectivity index (χ2v) is 10.7. The highest BCUT2D eigenvalue weighted by atomic mass is 16.6. The van der Waals surface area contributed by atoms with Gasteiger partial charge in [-0.2, -0.15) is 0 Å². The van der Waals surface area contributed by atoms with Gasteiger partial charge in [0.1, 0.15) is 6.61 Å². The monoisotopic (exact) mass is 558 g/mol. The van der Waals surface area contributed by atoms with Gasteiger partial charge < -0.3 is 30.0 Å². The molecule has 9 nitrogen and oxygen atoms in total. The Morgan fingerprint density at radius 3 is 2.22 bits per heavy atom. The Balaban J connectivity index is 1.19. The fourth-order valence-corrected chi connectivity index (χ4v) is 5.46. The molecule has 3 aromatic carbocycles. The molecule has 0 spiro atoms. The van der Waals surface area contributed by atoms with Crippen LogP contribution in [0.2, 0.25) is 0 Å². The Kier molecular flexibility index (Phi) is 8.37. The fraction of sp³-hybridized carbons (Fsp3) is 0.344. The lowest BCUT2D eigenvalue weighted by atomic mass is 9.84. The molecular weight excluding hydrogens is 524 g/mol. The summed E-state index contributed by atoms with van der Waals surface area (Å²) in [6.07, 6.45) is -1.48. The number of hydrogen-bond acceptors (Lipinski definition) is 6. The number of fused-ring (bicyclic) bond motifs is 3. The quantitative estimate of drug-likeness (QED) is 0.342. The molecule has 4 atom stereocenters. The van der Waals surface area contributed by atoms with Gasteiger partial charge in [-0.1, -0.05) is 78.9 Å². The van der Waals surface area contributed by atoms with Crippen molar-refractivity contribution in [2.45, 2.75) is 44.6 Å². The van der Waals surface area contributed by atoms with Gasteiger partial charge in [0, 0.05) is 5.92 Å². The molecule has 0 saturated carbocycles. The SMILES string of the molecule is C[C@@H](OCc1ccccc1)[C@H](NC(=O)C1(C)COCC1NC(=O)OCC1c2ccccc2-c2ccccc21)C(=O)O. The molecule has 41 heavy (non-hydrogen) atoms. The summed E-state index contributed by atoms with van der Waals surface area (Å²) in [4.78, 5) is 38.3. The first kappa shape index (κ1) is 28.3. The van der Waals surface area contributed by atoms with E-state index in [1.165, 1.54) is 0 Å². The normalized spacial score (nSPS) is 20.9. The van der Waals surface area contributed by atoms with E-state index in [4.69, 9.17) is 14.2 Å². The average Bonchev–Trinajstić information content (AvgIpc) is 3.51. The topological polar surface area (TPSA) is 123 Å². The number of nitrogens with one attached hydrogen (secondary N) is 2. The van der Waals surface area contributed by atoms with E-state index >= 15 is 0 Å². The van der Waals surface area contributed by atoms with Crippen LogP contribution >= 0.6 is 0 Å². The molecular formula is C32H34N2O7. The van der Waals surface area contributed by atoms with Gasteiger partial charge in [0.2, 0.25) is 5.91 Å². The van der Waals surface area contributed by atoms with E-state index in [2.05, 4.69) is 22.8 Å². The molecule has 0 radical (unpaired) electrons. The number of ether oxygens (including phenoxy) is 3. The van der Waals surface area contributed by atoms with Gasteiger partial charge in [-0.25, -0.2) is 9.59 Å². The lowest BCUT2D eigenvalue weighted by molar-refractivity contribution is -0.148. The van der Waals surface area contributed by atoms with E-state index in [1.54, 1.807) is 13.8 Å². The van der Waals surface area contributed by atoms with Gasteiger partial charge in [-0.05, 0) is 41.7 Å². The molecule has 1 aliphatic carbocycles. The van der Waals surface area contributed by atoms with Gasteiger partial charge in [0.25, 0.3) is 0 Å². The van der Waals surface area contributed by atoms with Crippen molar-refractivity contribution in [3.8, 4) is 11.1 Å². The van der Waals surface area contributed by atoms with Crippen LogP contribution in [0.5, 0.6) is 0 Å². The summed E-state index contributed by atoms with van der Waals surface area (Å²) in [5, 5.41) is 15.2. The van der Waals surface area contributed by atoms with Gasteiger partial charge in [-0.3, -0.25) is 4.79 Å². The fourth-order valence-electron chi connectivity index (χ4n) is 5.46. The molecule has 214 valence electrons. The summed E-state index contributed by atoms with van der Waals surface area (Å²) in [7, 11) is 0. The van der Waals surface area contributed by atoms with Crippen molar-refractivity contribution in [3.63, 3.8) is 0 Å². The maximum absolute atomic E-state index is 13.4. The van der Waals surface area contributed by atoms with Crippen LogP contribution in [-0.2, 0) is 30.4 Å². The number of carboxylic acids is 1. The number of benzene rings is 3. The summed E-state index contributed by atoms with van der Waals surface area (Å²) in [5.74, 6) is -1.87. The average molecular weight is 559 g/mol. The molecule has 0 bridgehead atoms. The van der Waals surface area contributed by atoms with Gasteiger partial charge in [0.15, 0.2) is 6.04 Å². The number of alkyl carbamates (subject to hydrolysis) is 1. The Hall–Kier alpha value is -4.21. The maximum Gasteiger partial charge on any atom is 0.407 e. The molecule has 2 unspecified atom stereocenters. The molecule has 1 fully saturated rings. The van der Waals surface area contributed by atoms with Gasteiger partial charge in [0.05, 0.1) is 37.4 Å². The lowest BCUT2D eigenvalue weighted by Gasteiger charge is -2.31. The zero-order valence-corrected chi connectivity index (χ0v) is 23.0. The summed E-state index contributed by atoms with van der Waals surface area (Å²) >= 11 is 0. The molecule has 3 aromatic rings. The minimum Gasteiger partial charge on any atom is -0.480 e. The van der Waals surface area contributed by atoms with E-state index in [-0.39, 0.29) is 32.3 Å². The van der Waals surface area contributed by atoms with Crippen molar-refractivity contribution < 1.29 is 33.7 Å². The highest BCUT2D eigenvalue weighted by Crippen LogP contribution is 2.44. The number of carbonyl (C=O) groups is 3. The minimum atomic E-state index is -1.29. The predicted molar refractivity (Wildman–Crippen MR) is 151 cm³/mol. The van der Waals surface area contributed by atoms with E-state index in [1.807, 2.05) is 66.7 Å². The van der Waals surface area contributed by atoms with Crippen molar-refractivity contribution in [1.29, 1.82) is 0 Å². The summed E-state index contributed by atoms with van der Waals surface area (Å²) in [5.41, 5.74) is 4.12. The zero-order valence-electron chi connectivity index (χ0n) is 23.0. The molecule has 9 heteroatoms. The first-order valence-electron chi connectivity index (χ1n) is 13.7. The molecule has 2 amide bonds. The number of aliphatic carboxylic acids is 1. The van der Waals surface area contributed by atoms with Crippen LogP contribution in [0.4, 0.5) is 4.79 Å². The van der Waals surface area contributed by atoms with E-state index < -0.39 is 41.6 Å². The molecule has 1 saturated heterocycles. The van der Waals surface area contributed by atoms with Crippen LogP contribution in [0.1, 0.15) is 36.5 Å². The van der Waals surface area contributed by atoms with E-state index in [0.717, 1.165) is 27.8 Å². The van der Waals surface area contributed by atoms with Crippen molar-refractivity contribution in [1.82, 2.24) is 10.6 Å². The highest BCUT2D eigenvalue weighted by molar-refractivity contribution is 5.89. The largest absolute Gasteiger partial charge is 0.480 e. The van der Waals surface area contributed by atoms with Crippen molar-refractivity contribution in [2.24, 2.45) is 5.41 Å². The smallest absolute Gasteiger partial charge is 0.407 e. The second-order valence-electron chi connectivity index (χ2n) is 10.7. The third-order valence-electron chi connectivity index (χ3n) is 7.99. The van der Waals surface area contributed by atoms with Crippen LogP contribution in [0.15, 0.2) is 78.9 Å². The Morgan fingerprint density at radius 1 is 0.976 bits per heavy atom. The van der Waals surface area contributed by atoms with Crippen LogP contribution in [0, 0.1) is 5.41 Å². The number of rotatable bonds is 10. The number of carbonyl (C=O) groups excluding carboxylic acids is 2. The summed E-state index contributed by atoms with van der Waals surface area (Å²) in [6.45, 7) is 3.67. The first-order chi connectivity index (χ1) is 19.8.